The molecule has 3 rings (SSSR count). The molecule has 0 aliphatic carbocycles. The molecule has 2 atom stereocenters. The van der Waals surface area contributed by atoms with E-state index in [2.05, 4.69) is 44.1 Å². The maximum Gasteiger partial charge on any atom is 0.257 e. The number of hydrogen-bond donors (Lipinski definition) is 1. The van der Waals surface area contributed by atoms with Crippen LogP contribution in [-0.2, 0) is 0 Å². The van der Waals surface area contributed by atoms with Gasteiger partial charge in [-0.25, -0.2) is 4.68 Å². The molecule has 7 heteroatoms. The first-order valence-electron chi connectivity index (χ1n) is 6.88. The van der Waals surface area contributed by atoms with E-state index in [1.807, 2.05) is 19.3 Å². The summed E-state index contributed by atoms with van der Waals surface area (Å²) in [5.74, 6) is 2.48. The lowest BCUT2D eigenvalue weighted by Crippen LogP contribution is -2.29. The zero-order valence-corrected chi connectivity index (χ0v) is 12.0. The Balaban J connectivity index is 2.00. The average Bonchev–Trinajstić information content (AvgIpc) is 3.08. The summed E-state index contributed by atoms with van der Waals surface area (Å²) in [7, 11) is 1.81. The fraction of sp³-hybridized carbons (Fsp3) is 0.538. The predicted octanol–water partition coefficient (Wildman–Crippen LogP) is 1.33. The minimum atomic E-state index is 0.447. The third-order valence-electron chi connectivity index (χ3n) is 3.59. The zero-order chi connectivity index (χ0) is 14.1. The molecule has 2 aromatic heterocycles. The highest BCUT2D eigenvalue weighted by Crippen LogP contribution is 2.26. The molecule has 0 saturated carbocycles. The molecule has 0 amide bonds. The van der Waals surface area contributed by atoms with E-state index in [1.54, 1.807) is 10.9 Å². The first-order valence-corrected chi connectivity index (χ1v) is 6.88. The lowest BCUT2D eigenvalue weighted by atomic mass is 10.1. The van der Waals surface area contributed by atoms with Gasteiger partial charge in [-0.1, -0.05) is 6.92 Å². The van der Waals surface area contributed by atoms with Gasteiger partial charge >= 0.3 is 0 Å². The minimum absolute atomic E-state index is 0.447. The predicted molar refractivity (Wildman–Crippen MR) is 77.1 cm³/mol. The molecular weight excluding hydrogens is 254 g/mol. The molecule has 20 heavy (non-hydrogen) atoms. The maximum absolute atomic E-state index is 4.55. The van der Waals surface area contributed by atoms with Crippen molar-refractivity contribution < 1.29 is 0 Å². The highest BCUT2D eigenvalue weighted by molar-refractivity contribution is 5.41. The third kappa shape index (κ3) is 2.31. The van der Waals surface area contributed by atoms with Gasteiger partial charge in [0.1, 0.15) is 0 Å². The third-order valence-corrected chi connectivity index (χ3v) is 3.59. The smallest absolute Gasteiger partial charge is 0.257 e. The summed E-state index contributed by atoms with van der Waals surface area (Å²) < 4.78 is 1.65. The van der Waals surface area contributed by atoms with Crippen LogP contribution in [0.4, 0.5) is 11.9 Å². The molecule has 0 spiro atoms. The maximum atomic E-state index is 4.55. The Bertz CT molecular complexity index is 580. The summed E-state index contributed by atoms with van der Waals surface area (Å²) in [5.41, 5.74) is 0. The summed E-state index contributed by atoms with van der Waals surface area (Å²) >= 11 is 0. The van der Waals surface area contributed by atoms with E-state index in [-0.39, 0.29) is 0 Å². The lowest BCUT2D eigenvalue weighted by molar-refractivity contribution is 0.624. The molecule has 2 unspecified atom stereocenters. The monoisotopic (exact) mass is 273 g/mol. The number of nitrogens with zero attached hydrogens (tertiary/aromatic N) is 6. The molecule has 1 aliphatic heterocycles. The lowest BCUT2D eigenvalue weighted by Gasteiger charge is -2.21. The van der Waals surface area contributed by atoms with Crippen LogP contribution in [0.2, 0.25) is 0 Å². The fourth-order valence-electron chi connectivity index (χ4n) is 2.66. The van der Waals surface area contributed by atoms with Gasteiger partial charge in [0.15, 0.2) is 0 Å². The van der Waals surface area contributed by atoms with Gasteiger partial charge in [0, 0.05) is 32.0 Å². The Labute approximate surface area is 118 Å². The first kappa shape index (κ1) is 12.8. The fourth-order valence-corrected chi connectivity index (χ4v) is 2.66. The zero-order valence-electron chi connectivity index (χ0n) is 12.0. The summed E-state index contributed by atoms with van der Waals surface area (Å²) in [4.78, 5) is 15.6. The van der Waals surface area contributed by atoms with Crippen LogP contribution in [-0.4, -0.2) is 44.4 Å². The summed E-state index contributed by atoms with van der Waals surface area (Å²) in [6, 6.07) is 2.30. The van der Waals surface area contributed by atoms with Crippen LogP contribution >= 0.6 is 0 Å². The topological polar surface area (TPSA) is 71.8 Å². The van der Waals surface area contributed by atoms with Crippen LogP contribution in [0, 0.1) is 5.92 Å². The highest BCUT2D eigenvalue weighted by atomic mass is 15.4. The quantitative estimate of drug-likeness (QED) is 0.909. The van der Waals surface area contributed by atoms with Crippen molar-refractivity contribution in [3.8, 4) is 5.95 Å². The van der Waals surface area contributed by atoms with Gasteiger partial charge in [0.25, 0.3) is 5.95 Å². The van der Waals surface area contributed by atoms with Gasteiger partial charge in [-0.3, -0.25) is 0 Å². The van der Waals surface area contributed by atoms with Crippen molar-refractivity contribution in [2.75, 3.05) is 23.8 Å². The Hall–Kier alpha value is -2.18. The standard InChI is InChI=1S/C13H19N7/c1-9-7-10(2)19(8-9)12-16-11(14-3)17-13(18-12)20-6-4-5-15-20/h4-6,9-10H,7-8H2,1-3H3,(H,14,16,17,18). The second-order valence-corrected chi connectivity index (χ2v) is 5.30. The van der Waals surface area contributed by atoms with E-state index >= 15 is 0 Å². The van der Waals surface area contributed by atoms with Crippen LogP contribution in [0.15, 0.2) is 18.5 Å². The number of anilines is 2. The Morgan fingerprint density at radius 1 is 1.20 bits per heavy atom. The average molecular weight is 273 g/mol. The van der Waals surface area contributed by atoms with Crippen molar-refractivity contribution in [3.63, 3.8) is 0 Å². The second kappa shape index (κ2) is 5.07. The molecule has 7 nitrogen and oxygen atoms in total. The van der Waals surface area contributed by atoms with E-state index in [1.165, 1.54) is 0 Å². The molecule has 2 aromatic rings. The van der Waals surface area contributed by atoms with E-state index < -0.39 is 0 Å². The number of nitrogens with one attached hydrogen (secondary N) is 1. The van der Waals surface area contributed by atoms with E-state index in [4.69, 9.17) is 0 Å². The van der Waals surface area contributed by atoms with Crippen molar-refractivity contribution in [1.29, 1.82) is 0 Å². The SMILES string of the molecule is CNc1nc(N2CC(C)CC2C)nc(-n2cccn2)n1. The largest absolute Gasteiger partial charge is 0.357 e. The van der Waals surface area contributed by atoms with Gasteiger partial charge in [0.05, 0.1) is 0 Å². The van der Waals surface area contributed by atoms with Crippen molar-refractivity contribution in [1.82, 2.24) is 24.7 Å². The van der Waals surface area contributed by atoms with Crippen LogP contribution < -0.4 is 10.2 Å². The van der Waals surface area contributed by atoms with Crippen molar-refractivity contribution in [2.24, 2.45) is 5.92 Å². The van der Waals surface area contributed by atoms with Crippen LogP contribution in [0.5, 0.6) is 0 Å². The van der Waals surface area contributed by atoms with Gasteiger partial charge in [-0.2, -0.15) is 20.1 Å². The molecule has 3 heterocycles. The molecule has 1 aliphatic rings. The van der Waals surface area contributed by atoms with Crippen molar-refractivity contribution in [2.45, 2.75) is 26.3 Å². The summed E-state index contributed by atoms with van der Waals surface area (Å²) in [6.45, 7) is 5.44. The summed E-state index contributed by atoms with van der Waals surface area (Å²) in [5, 5.41) is 7.17. The number of aromatic nitrogens is 5. The van der Waals surface area contributed by atoms with Crippen LogP contribution in [0.1, 0.15) is 20.3 Å². The van der Waals surface area contributed by atoms with Gasteiger partial charge in [0.2, 0.25) is 11.9 Å². The molecule has 1 N–H and O–H groups in total. The summed E-state index contributed by atoms with van der Waals surface area (Å²) in [6.07, 6.45) is 4.70. The van der Waals surface area contributed by atoms with Gasteiger partial charge < -0.3 is 10.2 Å². The van der Waals surface area contributed by atoms with Crippen LogP contribution in [0.3, 0.4) is 0 Å². The van der Waals surface area contributed by atoms with E-state index in [0.29, 0.717) is 29.8 Å². The second-order valence-electron chi connectivity index (χ2n) is 5.30. The molecule has 106 valence electrons. The van der Waals surface area contributed by atoms with Crippen molar-refractivity contribution in [3.05, 3.63) is 18.5 Å². The Kier molecular flexibility index (Phi) is 3.25. The van der Waals surface area contributed by atoms with Gasteiger partial charge in [-0.05, 0) is 25.3 Å². The molecular formula is C13H19N7. The highest BCUT2D eigenvalue weighted by Gasteiger charge is 2.28. The van der Waals surface area contributed by atoms with E-state index in [0.717, 1.165) is 13.0 Å². The van der Waals surface area contributed by atoms with E-state index in [9.17, 15) is 0 Å². The van der Waals surface area contributed by atoms with Gasteiger partial charge in [-0.15, -0.1) is 0 Å². The minimum Gasteiger partial charge on any atom is -0.357 e. The molecule has 0 radical (unpaired) electrons. The number of hydrogen-bond acceptors (Lipinski definition) is 6. The Morgan fingerprint density at radius 3 is 2.60 bits per heavy atom. The van der Waals surface area contributed by atoms with Crippen LogP contribution in [0.25, 0.3) is 5.95 Å². The molecule has 0 bridgehead atoms. The first-order chi connectivity index (χ1) is 9.67. The number of rotatable bonds is 3. The Morgan fingerprint density at radius 2 is 2.00 bits per heavy atom. The molecule has 0 aromatic carbocycles. The molecule has 1 fully saturated rings. The normalized spacial score (nSPS) is 22.2. The van der Waals surface area contributed by atoms with Crippen molar-refractivity contribution >= 4 is 11.9 Å². The molecule has 1 saturated heterocycles.